The fourth-order valence-electron chi connectivity index (χ4n) is 3.53. The molecule has 38 heavy (non-hydrogen) atoms. The molecule has 0 bridgehead atoms. The van der Waals surface area contributed by atoms with Gasteiger partial charge < -0.3 is 14.8 Å². The number of benzene rings is 3. The maximum Gasteiger partial charge on any atom is 0.293 e. The number of aryl methyl sites for hydroxylation is 1. The molecule has 0 radical (unpaired) electrons. The van der Waals surface area contributed by atoms with Crippen LogP contribution in [0, 0.1) is 6.92 Å². The van der Waals surface area contributed by atoms with Gasteiger partial charge in [-0.25, -0.2) is 0 Å². The molecule has 7 nitrogen and oxygen atoms in total. The number of anilines is 1. The number of methoxy groups -OCH3 is 1. The zero-order valence-electron chi connectivity index (χ0n) is 20.2. The van der Waals surface area contributed by atoms with Crippen molar-refractivity contribution in [2.45, 2.75) is 13.5 Å². The van der Waals surface area contributed by atoms with E-state index in [0.29, 0.717) is 16.3 Å². The van der Waals surface area contributed by atoms with Crippen LogP contribution in [0.5, 0.6) is 11.5 Å². The Morgan fingerprint density at radius 2 is 1.82 bits per heavy atom. The number of amides is 3. The van der Waals surface area contributed by atoms with Gasteiger partial charge in [0.25, 0.3) is 17.1 Å². The van der Waals surface area contributed by atoms with Gasteiger partial charge in [-0.3, -0.25) is 19.3 Å². The summed E-state index contributed by atoms with van der Waals surface area (Å²) < 4.78 is 12.0. The average Bonchev–Trinajstić information content (AvgIpc) is 3.13. The smallest absolute Gasteiger partial charge is 0.293 e. The molecule has 0 aliphatic carbocycles. The van der Waals surface area contributed by atoms with Crippen molar-refractivity contribution in [3.8, 4) is 11.5 Å². The van der Waals surface area contributed by atoms with Gasteiger partial charge in [-0.05, 0) is 77.9 Å². The van der Waals surface area contributed by atoms with Gasteiger partial charge in [0.2, 0.25) is 0 Å². The lowest BCUT2D eigenvalue weighted by atomic mass is 10.1. The van der Waals surface area contributed by atoms with Crippen LogP contribution >= 0.6 is 50.9 Å². The minimum atomic E-state index is -0.411. The molecule has 11 heteroatoms. The molecule has 1 aliphatic heterocycles. The highest BCUT2D eigenvalue weighted by atomic mass is 79.9. The molecule has 1 heterocycles. The Labute approximate surface area is 242 Å². The number of carbonyl (C=O) groups is 3. The highest BCUT2D eigenvalue weighted by molar-refractivity contribution is 9.10. The number of hydrogen-bond donors (Lipinski definition) is 1. The first-order valence-corrected chi connectivity index (χ1v) is 13.6. The van der Waals surface area contributed by atoms with E-state index in [1.54, 1.807) is 36.4 Å². The molecule has 3 aromatic rings. The molecule has 3 aromatic carbocycles. The molecular formula is C27H21BrCl2N2O5S. The molecule has 0 spiro atoms. The molecule has 1 fully saturated rings. The molecule has 1 N–H and O–H groups in total. The lowest BCUT2D eigenvalue weighted by Crippen LogP contribution is -2.27. The number of hydrogen-bond acceptors (Lipinski definition) is 6. The maximum absolute atomic E-state index is 12.9. The van der Waals surface area contributed by atoms with Gasteiger partial charge in [-0.2, -0.15) is 0 Å². The molecule has 4 rings (SSSR count). The Kier molecular flexibility index (Phi) is 9.04. The summed E-state index contributed by atoms with van der Waals surface area (Å²) in [6.45, 7) is 1.71. The van der Waals surface area contributed by atoms with Crippen LogP contribution in [0.15, 0.2) is 64.0 Å². The molecule has 0 saturated carbocycles. The SMILES string of the molecule is COc1cc(/C=C2\SC(=O)N(Cc3ccc(Br)cc3)C2=O)cc(Cl)c1OCC(=O)Nc1ccc(C)c(Cl)c1. The van der Waals surface area contributed by atoms with E-state index < -0.39 is 11.8 Å². The van der Waals surface area contributed by atoms with Crippen molar-refractivity contribution < 1.29 is 23.9 Å². The van der Waals surface area contributed by atoms with E-state index in [1.165, 1.54) is 12.0 Å². The van der Waals surface area contributed by atoms with Crippen molar-refractivity contribution in [3.63, 3.8) is 0 Å². The van der Waals surface area contributed by atoms with E-state index >= 15 is 0 Å². The van der Waals surface area contributed by atoms with Gasteiger partial charge in [-0.1, -0.05) is 57.3 Å². The van der Waals surface area contributed by atoms with Gasteiger partial charge in [0.1, 0.15) is 0 Å². The summed E-state index contributed by atoms with van der Waals surface area (Å²) in [6, 6.07) is 15.8. The molecule has 0 aromatic heterocycles. The number of ether oxygens (including phenoxy) is 2. The lowest BCUT2D eigenvalue weighted by Gasteiger charge is -2.14. The number of thioether (sulfide) groups is 1. The third kappa shape index (κ3) is 6.71. The minimum Gasteiger partial charge on any atom is -0.493 e. The summed E-state index contributed by atoms with van der Waals surface area (Å²) in [5.74, 6) is -0.367. The molecule has 0 atom stereocenters. The van der Waals surface area contributed by atoms with E-state index in [1.807, 2.05) is 31.2 Å². The Hall–Kier alpha value is -2.98. The van der Waals surface area contributed by atoms with Crippen molar-refractivity contribution in [2.24, 2.45) is 0 Å². The zero-order valence-corrected chi connectivity index (χ0v) is 24.1. The first kappa shape index (κ1) is 28.0. The summed E-state index contributed by atoms with van der Waals surface area (Å²) >= 11 is 16.8. The maximum atomic E-state index is 12.9. The molecule has 196 valence electrons. The van der Waals surface area contributed by atoms with Crippen molar-refractivity contribution in [1.29, 1.82) is 0 Å². The molecule has 1 saturated heterocycles. The van der Waals surface area contributed by atoms with Gasteiger partial charge in [0.15, 0.2) is 18.1 Å². The molecule has 1 aliphatic rings. The van der Waals surface area contributed by atoms with Crippen molar-refractivity contribution in [1.82, 2.24) is 4.90 Å². The van der Waals surface area contributed by atoms with Crippen molar-refractivity contribution >= 4 is 79.7 Å². The third-order valence-corrected chi connectivity index (χ3v) is 7.60. The van der Waals surface area contributed by atoms with Crippen LogP contribution in [0.2, 0.25) is 10.0 Å². The van der Waals surface area contributed by atoms with E-state index in [9.17, 15) is 14.4 Å². The molecule has 0 unspecified atom stereocenters. The standard InChI is InChI=1S/C27H21BrCl2N2O5S/c1-15-3-8-19(12-20(15)29)31-24(33)14-37-25-21(30)9-17(10-22(25)36-2)11-23-26(34)32(27(35)38-23)13-16-4-6-18(28)7-5-16/h3-12H,13-14H2,1-2H3,(H,31,33)/b23-11-. The fourth-order valence-corrected chi connectivity index (χ4v) is 5.09. The van der Waals surface area contributed by atoms with E-state index in [2.05, 4.69) is 21.2 Å². The van der Waals surface area contributed by atoms with Crippen molar-refractivity contribution in [2.75, 3.05) is 19.0 Å². The molecule has 3 amide bonds. The van der Waals surface area contributed by atoms with Gasteiger partial charge in [0, 0.05) is 15.2 Å². The second kappa shape index (κ2) is 12.3. The first-order valence-electron chi connectivity index (χ1n) is 11.2. The predicted molar refractivity (Wildman–Crippen MR) is 154 cm³/mol. The average molecular weight is 636 g/mol. The van der Waals surface area contributed by atoms with Crippen LogP contribution in [-0.4, -0.2) is 35.7 Å². The summed E-state index contributed by atoms with van der Waals surface area (Å²) in [5, 5.41) is 3.06. The van der Waals surface area contributed by atoms with Crippen LogP contribution in [-0.2, 0) is 16.1 Å². The monoisotopic (exact) mass is 634 g/mol. The van der Waals surface area contributed by atoms with Crippen LogP contribution in [0.3, 0.4) is 0 Å². The summed E-state index contributed by atoms with van der Waals surface area (Å²) in [6.07, 6.45) is 1.57. The predicted octanol–water partition coefficient (Wildman–Crippen LogP) is 7.33. The molecular weight excluding hydrogens is 615 g/mol. The summed E-state index contributed by atoms with van der Waals surface area (Å²) in [5.41, 5.74) is 2.80. The second-order valence-corrected chi connectivity index (χ2v) is 11.0. The van der Waals surface area contributed by atoms with Crippen LogP contribution < -0.4 is 14.8 Å². The van der Waals surface area contributed by atoms with Crippen molar-refractivity contribution in [3.05, 3.63) is 90.7 Å². The highest BCUT2D eigenvalue weighted by Crippen LogP contribution is 2.39. The van der Waals surface area contributed by atoms with Gasteiger partial charge >= 0.3 is 0 Å². The van der Waals surface area contributed by atoms with Gasteiger partial charge in [-0.15, -0.1) is 0 Å². The number of nitrogens with zero attached hydrogens (tertiary/aromatic N) is 1. The number of halogens is 3. The van der Waals surface area contributed by atoms with Crippen LogP contribution in [0.25, 0.3) is 6.08 Å². The van der Waals surface area contributed by atoms with Gasteiger partial charge in [0.05, 0.1) is 23.6 Å². The number of carbonyl (C=O) groups excluding carboxylic acids is 3. The first-order chi connectivity index (χ1) is 18.1. The van der Waals surface area contributed by atoms with Crippen LogP contribution in [0.1, 0.15) is 16.7 Å². The Morgan fingerprint density at radius 3 is 2.50 bits per heavy atom. The largest absolute Gasteiger partial charge is 0.493 e. The second-order valence-electron chi connectivity index (χ2n) is 8.23. The van der Waals surface area contributed by atoms with Crippen LogP contribution in [0.4, 0.5) is 10.5 Å². The Morgan fingerprint density at radius 1 is 1.08 bits per heavy atom. The lowest BCUT2D eigenvalue weighted by molar-refractivity contribution is -0.123. The zero-order chi connectivity index (χ0) is 27.4. The quantitative estimate of drug-likeness (QED) is 0.261. The summed E-state index contributed by atoms with van der Waals surface area (Å²) in [7, 11) is 1.43. The third-order valence-electron chi connectivity index (χ3n) is 5.48. The van der Waals surface area contributed by atoms with E-state index in [0.717, 1.165) is 27.4 Å². The fraction of sp³-hybridized carbons (Fsp3) is 0.148. The number of nitrogens with one attached hydrogen (secondary N) is 1. The number of rotatable bonds is 8. The number of imide groups is 1. The highest BCUT2D eigenvalue weighted by Gasteiger charge is 2.35. The Balaban J connectivity index is 1.45. The van der Waals surface area contributed by atoms with E-state index in [-0.39, 0.29) is 39.8 Å². The van der Waals surface area contributed by atoms with E-state index in [4.69, 9.17) is 32.7 Å². The summed E-state index contributed by atoms with van der Waals surface area (Å²) in [4.78, 5) is 39.3. The normalized spacial score (nSPS) is 14.2. The topological polar surface area (TPSA) is 84.9 Å². The minimum absolute atomic E-state index is 0.170. The Bertz CT molecular complexity index is 1450.